The highest BCUT2D eigenvalue weighted by Gasteiger charge is 2.12. The van der Waals surface area contributed by atoms with E-state index >= 15 is 0 Å². The van der Waals surface area contributed by atoms with Crippen molar-refractivity contribution in [2.75, 3.05) is 13.1 Å². The van der Waals surface area contributed by atoms with Gasteiger partial charge in [0.15, 0.2) is 5.96 Å². The van der Waals surface area contributed by atoms with Crippen LogP contribution >= 0.6 is 0 Å². The molecule has 0 saturated carbocycles. The Hall–Kier alpha value is -1.83. The molecule has 0 saturated heterocycles. The van der Waals surface area contributed by atoms with Crippen LogP contribution in [0.1, 0.15) is 97.4 Å². The molecule has 0 aromatic carbocycles. The maximum atomic E-state index is 6.92. The highest BCUT2D eigenvalue weighted by atomic mass is 15.0. The Balaban J connectivity index is -0.0000000969. The fraction of sp³-hybridized carbons (Fsp3) is 0.870. The molecular formula is C23H58N8. The van der Waals surface area contributed by atoms with Gasteiger partial charge in [-0.25, -0.2) is 4.99 Å². The van der Waals surface area contributed by atoms with Gasteiger partial charge in [0, 0.05) is 12.0 Å². The molecule has 0 bridgehead atoms. The van der Waals surface area contributed by atoms with Gasteiger partial charge in [-0.1, -0.05) is 69.7 Å². The molecule has 0 aliphatic rings. The molecule has 0 aromatic heterocycles. The largest absolute Gasteiger partial charge is 0.388 e. The number of aliphatic imine (C=N–C) groups is 2. The van der Waals surface area contributed by atoms with Gasteiger partial charge >= 0.3 is 0 Å². The highest BCUT2D eigenvalue weighted by Crippen LogP contribution is 2.12. The van der Waals surface area contributed by atoms with Crippen molar-refractivity contribution in [1.29, 1.82) is 5.41 Å². The summed E-state index contributed by atoms with van der Waals surface area (Å²) in [4.78, 5) is 7.97. The molecule has 0 fully saturated rings. The third-order valence-corrected chi connectivity index (χ3v) is 2.69. The minimum Gasteiger partial charge on any atom is -0.388 e. The summed E-state index contributed by atoms with van der Waals surface area (Å²) in [6.07, 6.45) is 0. The molecule has 0 spiro atoms. The zero-order valence-corrected chi connectivity index (χ0v) is 22.2. The molecule has 11 N–H and O–H groups in total. The van der Waals surface area contributed by atoms with Crippen LogP contribution in [0.5, 0.6) is 0 Å². The smallest absolute Gasteiger partial charge is 0.186 e. The quantitative estimate of drug-likeness (QED) is 0.262. The Kier molecular flexibility index (Phi) is 21.5. The molecule has 0 rings (SSSR count). The first kappa shape index (κ1) is 39.6. The average molecular weight is 447 g/mol. The molecule has 0 aliphatic heterocycles. The molecule has 190 valence electrons. The van der Waals surface area contributed by atoms with Crippen LogP contribution in [-0.2, 0) is 0 Å². The zero-order valence-electron chi connectivity index (χ0n) is 22.2. The lowest BCUT2D eigenvalue weighted by Gasteiger charge is -2.14. The third-order valence-electron chi connectivity index (χ3n) is 2.69. The van der Waals surface area contributed by atoms with Crippen molar-refractivity contribution < 1.29 is 0 Å². The highest BCUT2D eigenvalue weighted by molar-refractivity contribution is 5.82. The summed E-state index contributed by atoms with van der Waals surface area (Å²) < 4.78 is 0. The van der Waals surface area contributed by atoms with E-state index < -0.39 is 0 Å². The molecule has 8 heteroatoms. The number of rotatable bonds is 1. The van der Waals surface area contributed by atoms with E-state index in [2.05, 4.69) is 51.5 Å². The Labute approximate surface area is 194 Å². The third kappa shape index (κ3) is 58.4. The monoisotopic (exact) mass is 446 g/mol. The van der Waals surface area contributed by atoms with E-state index in [0.29, 0.717) is 11.3 Å². The van der Waals surface area contributed by atoms with Crippen molar-refractivity contribution in [3.8, 4) is 0 Å². The minimum absolute atomic E-state index is 0. The van der Waals surface area contributed by atoms with Crippen LogP contribution in [0.25, 0.3) is 0 Å². The molecule has 8 nitrogen and oxygen atoms in total. The van der Waals surface area contributed by atoms with Crippen LogP contribution in [0.2, 0.25) is 0 Å². The molecular weight excluding hydrogens is 388 g/mol. The summed E-state index contributed by atoms with van der Waals surface area (Å²) in [5.41, 5.74) is 26.3. The number of nitrogens with two attached hydrogens (primary N) is 5. The van der Waals surface area contributed by atoms with Crippen molar-refractivity contribution >= 4 is 17.6 Å². The van der Waals surface area contributed by atoms with Gasteiger partial charge in [-0.3, -0.25) is 10.4 Å². The van der Waals surface area contributed by atoms with E-state index in [4.69, 9.17) is 34.1 Å². The first-order valence-corrected chi connectivity index (χ1v) is 10.3. The van der Waals surface area contributed by atoms with Gasteiger partial charge in [0.25, 0.3) is 0 Å². The molecule has 0 unspecified atom stereocenters. The predicted molar refractivity (Wildman–Crippen MR) is 144 cm³/mol. The minimum atomic E-state index is -0.140. The van der Waals surface area contributed by atoms with Gasteiger partial charge in [-0.15, -0.1) is 0 Å². The van der Waals surface area contributed by atoms with Gasteiger partial charge in [-0.2, -0.15) is 0 Å². The summed E-state index contributed by atoms with van der Waals surface area (Å²) >= 11 is 0. The number of nitrogens with one attached hydrogen (secondary N) is 1. The maximum absolute atomic E-state index is 6.92. The Morgan fingerprint density at radius 2 is 1.03 bits per heavy atom. The van der Waals surface area contributed by atoms with Gasteiger partial charge in [0.05, 0.1) is 17.2 Å². The summed E-state index contributed by atoms with van der Waals surface area (Å²) in [7, 11) is 0. The number of hydrogen-bond acceptors (Lipinski definition) is 4. The number of amidine groups is 2. The zero-order chi connectivity index (χ0) is 25.6. The van der Waals surface area contributed by atoms with Crippen molar-refractivity contribution in [3.63, 3.8) is 0 Å². The second-order valence-electron chi connectivity index (χ2n) is 11.7. The van der Waals surface area contributed by atoms with Crippen LogP contribution in [0, 0.1) is 21.7 Å². The average Bonchev–Trinajstić information content (AvgIpc) is 2.42. The standard InChI is InChI=1S/C7H16N2.C5H13N3.C5H12N2.C5H13N.CH4/c1-6(8)9-5-7(2,3)4;1-5(2,3)8-4(6)7;1-5(2,3)4(6)7;1-5(2,3)4-6;/h5H2,1-4H3,(H2,8,9);1-3H3,(H4,6,7,8);1-3H3,(H3,6,7);4,6H2,1-3H3;1H4. The van der Waals surface area contributed by atoms with Crippen molar-refractivity contribution in [2.24, 2.45) is 54.9 Å². The fourth-order valence-corrected chi connectivity index (χ4v) is 0.749. The fourth-order valence-electron chi connectivity index (χ4n) is 0.749. The Morgan fingerprint density at radius 1 is 0.742 bits per heavy atom. The SMILES string of the molecule is C.CC(C)(C)C(=N)N.CC(C)(C)CN.CC(C)(C)N=C(N)N.CC(N)=NCC(C)(C)C. The lowest BCUT2D eigenvalue weighted by atomic mass is 9.96. The van der Waals surface area contributed by atoms with E-state index in [-0.39, 0.29) is 35.6 Å². The lowest BCUT2D eigenvalue weighted by molar-refractivity contribution is 0.428. The topological polar surface area (TPSA) is 179 Å². The summed E-state index contributed by atoms with van der Waals surface area (Å²) in [6.45, 7) is 27.7. The van der Waals surface area contributed by atoms with Crippen LogP contribution in [0.15, 0.2) is 9.98 Å². The van der Waals surface area contributed by atoms with Gasteiger partial charge in [0.2, 0.25) is 0 Å². The lowest BCUT2D eigenvalue weighted by Crippen LogP contribution is -2.27. The van der Waals surface area contributed by atoms with Gasteiger partial charge < -0.3 is 28.7 Å². The predicted octanol–water partition coefficient (Wildman–Crippen LogP) is 4.06. The second-order valence-corrected chi connectivity index (χ2v) is 11.7. The molecule has 0 radical (unpaired) electrons. The van der Waals surface area contributed by atoms with E-state index in [0.717, 1.165) is 13.1 Å². The van der Waals surface area contributed by atoms with Crippen molar-refractivity contribution in [1.82, 2.24) is 0 Å². The molecule has 0 aliphatic carbocycles. The summed E-state index contributed by atoms with van der Waals surface area (Å²) in [6, 6.07) is 0. The van der Waals surface area contributed by atoms with E-state index in [9.17, 15) is 0 Å². The first-order valence-electron chi connectivity index (χ1n) is 10.3. The molecule has 0 aromatic rings. The van der Waals surface area contributed by atoms with Crippen LogP contribution < -0.4 is 28.7 Å². The molecule has 31 heavy (non-hydrogen) atoms. The molecule has 0 heterocycles. The second kappa shape index (κ2) is 16.8. The summed E-state index contributed by atoms with van der Waals surface area (Å²) in [5.74, 6) is 1.06. The Morgan fingerprint density at radius 3 is 1.06 bits per heavy atom. The van der Waals surface area contributed by atoms with E-state index in [1.54, 1.807) is 0 Å². The summed E-state index contributed by atoms with van der Waals surface area (Å²) in [5, 5.41) is 6.92. The van der Waals surface area contributed by atoms with E-state index in [1.807, 2.05) is 48.5 Å². The van der Waals surface area contributed by atoms with Crippen LogP contribution in [-0.4, -0.2) is 36.3 Å². The van der Waals surface area contributed by atoms with E-state index in [1.165, 1.54) is 0 Å². The van der Waals surface area contributed by atoms with Gasteiger partial charge in [0.1, 0.15) is 0 Å². The number of hydrogen-bond donors (Lipinski definition) is 6. The molecule has 0 atom stereocenters. The van der Waals surface area contributed by atoms with Crippen molar-refractivity contribution in [2.45, 2.75) is 103 Å². The van der Waals surface area contributed by atoms with Crippen molar-refractivity contribution in [3.05, 3.63) is 0 Å². The van der Waals surface area contributed by atoms with Gasteiger partial charge in [-0.05, 0) is 45.1 Å². The van der Waals surface area contributed by atoms with Crippen LogP contribution in [0.3, 0.4) is 0 Å². The number of nitrogens with zero attached hydrogens (tertiary/aromatic N) is 2. The Bertz CT molecular complexity index is 500. The van der Waals surface area contributed by atoms with Crippen LogP contribution in [0.4, 0.5) is 0 Å². The first-order chi connectivity index (χ1) is 12.8. The maximum Gasteiger partial charge on any atom is 0.186 e. The molecule has 0 amide bonds. The normalized spacial score (nSPS) is 11.7. The number of guanidine groups is 1.